The molecule has 0 unspecified atom stereocenters. The van der Waals surface area contributed by atoms with Gasteiger partial charge < -0.3 is 0 Å². The highest BCUT2D eigenvalue weighted by molar-refractivity contribution is 7.89. The average Bonchev–Trinajstić information content (AvgIpc) is 2.73. The molecule has 0 bridgehead atoms. The number of hydrogen-bond acceptors (Lipinski definition) is 4. The van der Waals surface area contributed by atoms with Gasteiger partial charge in [-0.2, -0.15) is 13.5 Å². The maximum Gasteiger partial charge on any atom is 0.276 e. The van der Waals surface area contributed by atoms with Crippen LogP contribution in [0.15, 0.2) is 70.8 Å². The number of nitrogens with one attached hydrogen (secondary N) is 1. The third kappa shape index (κ3) is 3.92. The Hall–Kier alpha value is -2.73. The summed E-state index contributed by atoms with van der Waals surface area (Å²) in [6.07, 6.45) is 5.37. The standard InChI is InChI=1S/C22H23N3O2S/c1-16-6-12-19(13-7-16)28(26,27)25-24-18-10-8-17(9-11-18)20-14-15-23-22-5-3-2-4-21(20)22/h2-7,12-15,17,25H,8-11H2,1H3. The first kappa shape index (κ1) is 18.6. The van der Waals surface area contributed by atoms with E-state index in [4.69, 9.17) is 0 Å². The largest absolute Gasteiger partial charge is 0.276 e. The van der Waals surface area contributed by atoms with Crippen molar-refractivity contribution in [2.75, 3.05) is 0 Å². The molecule has 1 aliphatic rings. The van der Waals surface area contributed by atoms with Crippen molar-refractivity contribution in [2.45, 2.75) is 43.4 Å². The Balaban J connectivity index is 1.44. The summed E-state index contributed by atoms with van der Waals surface area (Å²) in [5, 5.41) is 5.41. The molecule has 1 aliphatic carbocycles. The molecule has 28 heavy (non-hydrogen) atoms. The lowest BCUT2D eigenvalue weighted by Gasteiger charge is -2.24. The van der Waals surface area contributed by atoms with Crippen LogP contribution in [0.3, 0.4) is 0 Å². The van der Waals surface area contributed by atoms with Crippen molar-refractivity contribution in [3.05, 3.63) is 71.9 Å². The lowest BCUT2D eigenvalue weighted by Crippen LogP contribution is -2.22. The van der Waals surface area contributed by atoms with E-state index in [9.17, 15) is 8.42 Å². The highest BCUT2D eigenvalue weighted by Crippen LogP contribution is 2.35. The molecule has 1 saturated carbocycles. The van der Waals surface area contributed by atoms with E-state index >= 15 is 0 Å². The molecule has 1 N–H and O–H groups in total. The van der Waals surface area contributed by atoms with Gasteiger partial charge in [-0.1, -0.05) is 35.9 Å². The summed E-state index contributed by atoms with van der Waals surface area (Å²) in [6, 6.07) is 17.1. The molecule has 0 saturated heterocycles. The van der Waals surface area contributed by atoms with Gasteiger partial charge in [0.05, 0.1) is 10.4 Å². The summed E-state index contributed by atoms with van der Waals surface area (Å²) in [5.41, 5.74) is 4.27. The van der Waals surface area contributed by atoms with Gasteiger partial charge in [-0.3, -0.25) is 4.98 Å². The Morgan fingerprint density at radius 1 is 1.00 bits per heavy atom. The summed E-state index contributed by atoms with van der Waals surface area (Å²) in [6.45, 7) is 1.93. The van der Waals surface area contributed by atoms with Crippen LogP contribution in [0.5, 0.6) is 0 Å². The van der Waals surface area contributed by atoms with Crippen LogP contribution in [0.4, 0.5) is 0 Å². The minimum absolute atomic E-state index is 0.236. The molecule has 1 heterocycles. The van der Waals surface area contributed by atoms with Crippen LogP contribution in [0.25, 0.3) is 10.9 Å². The number of pyridine rings is 1. The first-order chi connectivity index (χ1) is 13.5. The second-order valence-corrected chi connectivity index (χ2v) is 8.94. The number of aromatic nitrogens is 1. The topological polar surface area (TPSA) is 71.4 Å². The molecule has 4 rings (SSSR count). The first-order valence-electron chi connectivity index (χ1n) is 9.50. The fourth-order valence-electron chi connectivity index (χ4n) is 3.74. The van der Waals surface area contributed by atoms with E-state index in [0.29, 0.717) is 5.92 Å². The molecule has 3 aromatic rings. The van der Waals surface area contributed by atoms with Crippen LogP contribution in [0.2, 0.25) is 0 Å². The maximum atomic E-state index is 12.4. The highest BCUT2D eigenvalue weighted by atomic mass is 32.2. The van der Waals surface area contributed by atoms with Crippen molar-refractivity contribution >= 4 is 26.6 Å². The molecule has 5 nitrogen and oxygen atoms in total. The van der Waals surface area contributed by atoms with Crippen molar-refractivity contribution in [3.8, 4) is 0 Å². The van der Waals surface area contributed by atoms with Crippen molar-refractivity contribution < 1.29 is 8.42 Å². The van der Waals surface area contributed by atoms with Gasteiger partial charge in [0.2, 0.25) is 0 Å². The van der Waals surface area contributed by atoms with Crippen LogP contribution >= 0.6 is 0 Å². The normalized spacial score (nSPS) is 17.5. The Labute approximate surface area is 165 Å². The van der Waals surface area contributed by atoms with E-state index in [2.05, 4.69) is 27.0 Å². The minimum atomic E-state index is -3.62. The van der Waals surface area contributed by atoms with Crippen LogP contribution < -0.4 is 4.83 Å². The monoisotopic (exact) mass is 393 g/mol. The van der Waals surface area contributed by atoms with Gasteiger partial charge in [-0.05, 0) is 68.4 Å². The first-order valence-corrected chi connectivity index (χ1v) is 11.0. The molecule has 0 atom stereocenters. The second-order valence-electron chi connectivity index (χ2n) is 7.28. The molecule has 2 aromatic carbocycles. The number of benzene rings is 2. The van der Waals surface area contributed by atoms with Gasteiger partial charge >= 0.3 is 0 Å². The summed E-state index contributed by atoms with van der Waals surface area (Å²) >= 11 is 0. The number of aryl methyl sites for hydroxylation is 1. The number of nitrogens with zero attached hydrogens (tertiary/aromatic N) is 2. The Morgan fingerprint density at radius 2 is 1.71 bits per heavy atom. The van der Waals surface area contributed by atoms with Crippen molar-refractivity contribution in [1.82, 2.24) is 9.82 Å². The zero-order chi connectivity index (χ0) is 19.6. The number of rotatable bonds is 4. The van der Waals surface area contributed by atoms with Crippen molar-refractivity contribution in [1.29, 1.82) is 0 Å². The zero-order valence-corrected chi connectivity index (χ0v) is 16.6. The van der Waals surface area contributed by atoms with Gasteiger partial charge in [-0.15, -0.1) is 0 Å². The smallest absolute Gasteiger partial charge is 0.256 e. The zero-order valence-electron chi connectivity index (χ0n) is 15.8. The summed E-state index contributed by atoms with van der Waals surface area (Å²) in [7, 11) is -3.62. The summed E-state index contributed by atoms with van der Waals surface area (Å²) in [4.78, 5) is 7.08. The molecule has 0 spiro atoms. The molecular weight excluding hydrogens is 370 g/mol. The number of hydrogen-bond donors (Lipinski definition) is 1. The third-order valence-electron chi connectivity index (χ3n) is 5.34. The molecule has 6 heteroatoms. The number of para-hydroxylation sites is 1. The number of fused-ring (bicyclic) bond motifs is 1. The summed E-state index contributed by atoms with van der Waals surface area (Å²) < 4.78 is 24.8. The fraction of sp³-hybridized carbons (Fsp3) is 0.273. The van der Waals surface area contributed by atoms with Gasteiger partial charge in [0.1, 0.15) is 0 Å². The van der Waals surface area contributed by atoms with Gasteiger partial charge in [0, 0.05) is 17.3 Å². The lowest BCUT2D eigenvalue weighted by molar-refractivity contribution is 0.563. The van der Waals surface area contributed by atoms with E-state index in [1.807, 2.05) is 31.3 Å². The van der Waals surface area contributed by atoms with E-state index < -0.39 is 10.0 Å². The molecule has 0 amide bonds. The fourth-order valence-corrected chi connectivity index (χ4v) is 4.59. The Kier molecular flexibility index (Phi) is 5.13. The maximum absolute atomic E-state index is 12.4. The van der Waals surface area contributed by atoms with Crippen LogP contribution in [0, 0.1) is 6.92 Å². The van der Waals surface area contributed by atoms with Gasteiger partial charge in [0.15, 0.2) is 0 Å². The Bertz CT molecular complexity index is 1110. The molecule has 1 aromatic heterocycles. The molecule has 144 valence electrons. The summed E-state index contributed by atoms with van der Waals surface area (Å²) in [5.74, 6) is 0.445. The van der Waals surface area contributed by atoms with E-state index in [1.165, 1.54) is 10.9 Å². The van der Waals surface area contributed by atoms with Crippen LogP contribution in [-0.4, -0.2) is 19.1 Å². The molecule has 0 aliphatic heterocycles. The lowest BCUT2D eigenvalue weighted by atomic mass is 9.82. The van der Waals surface area contributed by atoms with Gasteiger partial charge in [-0.25, -0.2) is 4.83 Å². The Morgan fingerprint density at radius 3 is 2.46 bits per heavy atom. The predicted octanol–water partition coefficient (Wildman–Crippen LogP) is 4.54. The quantitative estimate of drug-likeness (QED) is 0.662. The minimum Gasteiger partial charge on any atom is -0.256 e. The molecule has 1 fully saturated rings. The van der Waals surface area contributed by atoms with Crippen molar-refractivity contribution in [2.24, 2.45) is 5.10 Å². The SMILES string of the molecule is Cc1ccc(S(=O)(=O)NN=C2CCC(c3ccnc4ccccc34)CC2)cc1. The molecule has 0 radical (unpaired) electrons. The van der Waals surface area contributed by atoms with E-state index in [0.717, 1.165) is 42.5 Å². The van der Waals surface area contributed by atoms with E-state index in [1.54, 1.807) is 24.3 Å². The van der Waals surface area contributed by atoms with Crippen LogP contribution in [0.1, 0.15) is 42.7 Å². The van der Waals surface area contributed by atoms with Crippen LogP contribution in [-0.2, 0) is 10.0 Å². The van der Waals surface area contributed by atoms with E-state index in [-0.39, 0.29) is 4.90 Å². The number of sulfonamides is 1. The number of hydrazone groups is 1. The highest BCUT2D eigenvalue weighted by Gasteiger charge is 2.22. The van der Waals surface area contributed by atoms with Crippen molar-refractivity contribution in [3.63, 3.8) is 0 Å². The average molecular weight is 394 g/mol. The molecular formula is C22H23N3O2S. The third-order valence-corrected chi connectivity index (χ3v) is 6.56. The van der Waals surface area contributed by atoms with Gasteiger partial charge in [0.25, 0.3) is 10.0 Å². The predicted molar refractivity (Wildman–Crippen MR) is 112 cm³/mol. The second kappa shape index (κ2) is 7.72.